The summed E-state index contributed by atoms with van der Waals surface area (Å²) in [5.74, 6) is 1.07. The Hall–Kier alpha value is -1.25. The predicted molar refractivity (Wildman–Crippen MR) is 55.2 cm³/mol. The van der Waals surface area contributed by atoms with Crippen molar-refractivity contribution in [2.75, 3.05) is 23.8 Å². The van der Waals surface area contributed by atoms with E-state index >= 15 is 0 Å². The van der Waals surface area contributed by atoms with E-state index in [0.29, 0.717) is 6.04 Å². The summed E-state index contributed by atoms with van der Waals surface area (Å²) in [5.41, 5.74) is 1.15. The maximum absolute atomic E-state index is 4.36. The third-order valence-electron chi connectivity index (χ3n) is 2.67. The van der Waals surface area contributed by atoms with Gasteiger partial charge in [-0.15, -0.1) is 0 Å². The van der Waals surface area contributed by atoms with Crippen LogP contribution in [-0.2, 0) is 0 Å². The summed E-state index contributed by atoms with van der Waals surface area (Å²) >= 11 is 0. The molecule has 1 N–H and O–H groups in total. The number of hydrogen-bond donors (Lipinski definition) is 1. The van der Waals surface area contributed by atoms with Gasteiger partial charge in [0.15, 0.2) is 5.82 Å². The van der Waals surface area contributed by atoms with Gasteiger partial charge in [-0.3, -0.25) is 0 Å². The molecule has 1 aromatic heterocycles. The lowest BCUT2D eigenvalue weighted by Crippen LogP contribution is -2.41. The molecule has 0 bridgehead atoms. The Balaban J connectivity index is 2.33. The number of aromatic nitrogens is 1. The van der Waals surface area contributed by atoms with Crippen molar-refractivity contribution in [1.82, 2.24) is 4.98 Å². The lowest BCUT2D eigenvalue weighted by molar-refractivity contribution is 0.615. The van der Waals surface area contributed by atoms with E-state index in [-0.39, 0.29) is 0 Å². The van der Waals surface area contributed by atoms with Gasteiger partial charge >= 0.3 is 0 Å². The van der Waals surface area contributed by atoms with Crippen LogP contribution >= 0.6 is 0 Å². The highest BCUT2D eigenvalue weighted by molar-refractivity contribution is 5.67. The first-order valence-electron chi connectivity index (χ1n) is 4.74. The van der Waals surface area contributed by atoms with E-state index in [1.165, 1.54) is 0 Å². The van der Waals surface area contributed by atoms with Crippen LogP contribution in [0.3, 0.4) is 0 Å². The lowest BCUT2D eigenvalue weighted by Gasteiger charge is -2.34. The quantitative estimate of drug-likeness (QED) is 0.708. The van der Waals surface area contributed by atoms with Gasteiger partial charge in [-0.2, -0.15) is 0 Å². The van der Waals surface area contributed by atoms with Crippen LogP contribution in [0.15, 0.2) is 18.3 Å². The third-order valence-corrected chi connectivity index (χ3v) is 2.67. The highest BCUT2D eigenvalue weighted by atomic mass is 15.2. The number of rotatable bonds is 1. The number of anilines is 2. The van der Waals surface area contributed by atoms with Crippen molar-refractivity contribution in [3.05, 3.63) is 18.3 Å². The van der Waals surface area contributed by atoms with Gasteiger partial charge in [0.1, 0.15) is 0 Å². The molecule has 1 aromatic rings. The van der Waals surface area contributed by atoms with Crippen LogP contribution in [0.4, 0.5) is 11.5 Å². The zero-order valence-electron chi connectivity index (χ0n) is 8.12. The molecule has 1 unspecified atom stereocenters. The van der Waals surface area contributed by atoms with E-state index in [0.717, 1.165) is 24.5 Å². The van der Waals surface area contributed by atoms with Crippen LogP contribution in [0.1, 0.15) is 13.3 Å². The van der Waals surface area contributed by atoms with Gasteiger partial charge < -0.3 is 10.2 Å². The first kappa shape index (κ1) is 8.35. The van der Waals surface area contributed by atoms with Gasteiger partial charge in [0.2, 0.25) is 0 Å². The van der Waals surface area contributed by atoms with Gasteiger partial charge in [0.25, 0.3) is 0 Å². The molecule has 70 valence electrons. The van der Waals surface area contributed by atoms with E-state index in [4.69, 9.17) is 0 Å². The number of fused-ring (bicyclic) bond motifs is 1. The minimum absolute atomic E-state index is 0.572. The van der Waals surface area contributed by atoms with Crippen LogP contribution < -0.4 is 10.2 Å². The Morgan fingerprint density at radius 3 is 3.31 bits per heavy atom. The van der Waals surface area contributed by atoms with Gasteiger partial charge in [-0.05, 0) is 18.6 Å². The molecule has 0 fully saturated rings. The van der Waals surface area contributed by atoms with Crippen molar-refractivity contribution < 1.29 is 0 Å². The SMILES string of the molecule is CCC1CNc2cccnc2N1C. The zero-order valence-corrected chi connectivity index (χ0v) is 8.12. The second-order valence-electron chi connectivity index (χ2n) is 3.43. The molecule has 2 rings (SSSR count). The molecule has 1 aliphatic heterocycles. The first-order chi connectivity index (χ1) is 6.33. The van der Waals surface area contributed by atoms with Crippen LogP contribution in [-0.4, -0.2) is 24.6 Å². The van der Waals surface area contributed by atoms with E-state index in [2.05, 4.69) is 35.2 Å². The Morgan fingerprint density at radius 1 is 1.69 bits per heavy atom. The topological polar surface area (TPSA) is 28.2 Å². The molecule has 3 heteroatoms. The van der Waals surface area contributed by atoms with Gasteiger partial charge in [-0.1, -0.05) is 6.92 Å². The van der Waals surface area contributed by atoms with E-state index in [1.54, 1.807) is 0 Å². The normalized spacial score (nSPS) is 20.8. The van der Waals surface area contributed by atoms with Crippen molar-refractivity contribution in [1.29, 1.82) is 0 Å². The summed E-state index contributed by atoms with van der Waals surface area (Å²) in [7, 11) is 2.11. The standard InChI is InChI=1S/C10H15N3/c1-3-8-7-12-9-5-4-6-11-10(9)13(8)2/h4-6,8,12H,3,7H2,1-2H3. The molecule has 0 radical (unpaired) electrons. The summed E-state index contributed by atoms with van der Waals surface area (Å²) in [6.45, 7) is 3.22. The molecule has 0 saturated heterocycles. The third kappa shape index (κ3) is 1.34. The molecule has 1 atom stereocenters. The average Bonchev–Trinajstić information content (AvgIpc) is 2.19. The second kappa shape index (κ2) is 3.24. The Kier molecular flexibility index (Phi) is 2.08. The predicted octanol–water partition coefficient (Wildman–Crippen LogP) is 1.72. The average molecular weight is 177 g/mol. The van der Waals surface area contributed by atoms with Crippen molar-refractivity contribution in [2.24, 2.45) is 0 Å². The fraction of sp³-hybridized carbons (Fsp3) is 0.500. The molecule has 0 spiro atoms. The lowest BCUT2D eigenvalue weighted by atomic mass is 10.1. The van der Waals surface area contributed by atoms with Crippen molar-refractivity contribution in [3.63, 3.8) is 0 Å². The fourth-order valence-electron chi connectivity index (χ4n) is 1.77. The summed E-state index contributed by atoms with van der Waals surface area (Å²) in [5, 5.41) is 3.39. The molecule has 0 saturated carbocycles. The molecule has 0 aliphatic carbocycles. The molecule has 13 heavy (non-hydrogen) atoms. The van der Waals surface area contributed by atoms with Gasteiger partial charge in [0, 0.05) is 25.8 Å². The number of nitrogens with zero attached hydrogens (tertiary/aromatic N) is 2. The molecule has 3 nitrogen and oxygen atoms in total. The maximum atomic E-state index is 4.36. The largest absolute Gasteiger partial charge is 0.380 e. The Morgan fingerprint density at radius 2 is 2.54 bits per heavy atom. The fourth-order valence-corrected chi connectivity index (χ4v) is 1.77. The van der Waals surface area contributed by atoms with E-state index in [1.807, 2.05) is 12.3 Å². The molecule has 0 aromatic carbocycles. The number of likely N-dealkylation sites (N-methyl/N-ethyl adjacent to an activating group) is 1. The molecular formula is C10H15N3. The summed E-state index contributed by atoms with van der Waals surface area (Å²) in [6, 6.07) is 4.61. The summed E-state index contributed by atoms with van der Waals surface area (Å²) < 4.78 is 0. The molecule has 2 heterocycles. The van der Waals surface area contributed by atoms with Crippen molar-refractivity contribution in [3.8, 4) is 0 Å². The van der Waals surface area contributed by atoms with Crippen LogP contribution in [0.2, 0.25) is 0 Å². The van der Waals surface area contributed by atoms with E-state index in [9.17, 15) is 0 Å². The monoisotopic (exact) mass is 177 g/mol. The zero-order chi connectivity index (χ0) is 9.26. The first-order valence-corrected chi connectivity index (χ1v) is 4.74. The highest BCUT2D eigenvalue weighted by Gasteiger charge is 2.21. The number of nitrogens with one attached hydrogen (secondary N) is 1. The summed E-state index contributed by atoms with van der Waals surface area (Å²) in [4.78, 5) is 6.62. The molecular weight excluding hydrogens is 162 g/mol. The van der Waals surface area contributed by atoms with Crippen molar-refractivity contribution in [2.45, 2.75) is 19.4 Å². The van der Waals surface area contributed by atoms with Crippen LogP contribution in [0, 0.1) is 0 Å². The smallest absolute Gasteiger partial charge is 0.152 e. The molecule has 0 amide bonds. The minimum atomic E-state index is 0.572. The second-order valence-corrected chi connectivity index (χ2v) is 3.43. The summed E-state index contributed by atoms with van der Waals surface area (Å²) in [6.07, 6.45) is 2.99. The Labute approximate surface area is 78.8 Å². The number of pyridine rings is 1. The van der Waals surface area contributed by atoms with E-state index < -0.39 is 0 Å². The minimum Gasteiger partial charge on any atom is -0.380 e. The molecule has 1 aliphatic rings. The Bertz CT molecular complexity index is 298. The maximum Gasteiger partial charge on any atom is 0.152 e. The number of hydrogen-bond acceptors (Lipinski definition) is 3. The van der Waals surface area contributed by atoms with Crippen LogP contribution in [0.5, 0.6) is 0 Å². The van der Waals surface area contributed by atoms with Crippen LogP contribution in [0.25, 0.3) is 0 Å². The van der Waals surface area contributed by atoms with Crippen molar-refractivity contribution >= 4 is 11.5 Å². The van der Waals surface area contributed by atoms with Gasteiger partial charge in [-0.25, -0.2) is 4.98 Å². The van der Waals surface area contributed by atoms with Gasteiger partial charge in [0.05, 0.1) is 5.69 Å². The highest BCUT2D eigenvalue weighted by Crippen LogP contribution is 2.27.